The van der Waals surface area contributed by atoms with Crippen molar-refractivity contribution in [2.24, 2.45) is 63.6 Å². The summed E-state index contributed by atoms with van der Waals surface area (Å²) in [5.41, 5.74) is -6.25. The maximum absolute atomic E-state index is 15.1. The van der Waals surface area contributed by atoms with Crippen molar-refractivity contribution < 1.29 is 67.4 Å². The highest BCUT2D eigenvalue weighted by molar-refractivity contribution is 5.90. The van der Waals surface area contributed by atoms with E-state index >= 15 is 4.79 Å². The van der Waals surface area contributed by atoms with E-state index in [1.54, 1.807) is 19.9 Å². The summed E-state index contributed by atoms with van der Waals surface area (Å²) in [5, 5.41) is 24.9. The Morgan fingerprint density at radius 2 is 1.47 bits per heavy atom. The number of rotatable bonds is 6. The molecule has 6 fully saturated rings. The molecule has 2 aliphatic heterocycles. The van der Waals surface area contributed by atoms with Crippen molar-refractivity contribution in [3.8, 4) is 0 Å². The summed E-state index contributed by atoms with van der Waals surface area (Å²) in [6.07, 6.45) is -5.46. The number of aliphatic hydroxyl groups is 2. The highest BCUT2D eigenvalue weighted by Gasteiger charge is 2.83. The Hall–Kier alpha value is -3.36. The quantitative estimate of drug-likeness (QED) is 0.228. The van der Waals surface area contributed by atoms with E-state index in [2.05, 4.69) is 0 Å². The molecule has 53 heavy (non-hydrogen) atoms. The fourth-order valence-corrected chi connectivity index (χ4v) is 12.6. The third-order valence-electron chi connectivity index (χ3n) is 14.6. The van der Waals surface area contributed by atoms with Crippen molar-refractivity contribution in [2.75, 3.05) is 0 Å². The molecular formula is C39H52O14. The summed E-state index contributed by atoms with van der Waals surface area (Å²) in [4.78, 5) is 81.2. The Kier molecular flexibility index (Phi) is 8.64. The molecule has 0 bridgehead atoms. The normalized spacial score (nSPS) is 50.2. The number of epoxide rings is 1. The van der Waals surface area contributed by atoms with Gasteiger partial charge in [-0.3, -0.25) is 24.0 Å². The molecular weight excluding hydrogens is 692 g/mol. The first-order valence-corrected chi connectivity index (χ1v) is 18.8. The first-order chi connectivity index (χ1) is 24.5. The zero-order chi connectivity index (χ0) is 39.1. The lowest BCUT2D eigenvalue weighted by atomic mass is 9.41. The molecule has 7 rings (SSSR count). The summed E-state index contributed by atoms with van der Waals surface area (Å²) in [7, 11) is 0. The number of ether oxygens (including phenoxy) is 6. The third-order valence-corrected chi connectivity index (χ3v) is 14.6. The molecule has 0 unspecified atom stereocenters. The van der Waals surface area contributed by atoms with Crippen molar-refractivity contribution in [2.45, 2.75) is 130 Å². The van der Waals surface area contributed by atoms with Crippen LogP contribution in [0.5, 0.6) is 0 Å². The van der Waals surface area contributed by atoms with Gasteiger partial charge < -0.3 is 38.6 Å². The number of hydrogen-bond acceptors (Lipinski definition) is 14. The van der Waals surface area contributed by atoms with Crippen molar-refractivity contribution >= 4 is 35.6 Å². The number of Topliss-reactive ketones (excluding diaryl/α,β-unsaturated/α-hetero) is 1. The second kappa shape index (κ2) is 12.1. The van der Waals surface area contributed by atoms with Crippen LogP contribution in [0.25, 0.3) is 0 Å². The molecule has 14 heteroatoms. The minimum absolute atomic E-state index is 0.00310. The van der Waals surface area contributed by atoms with Gasteiger partial charge in [-0.25, -0.2) is 4.79 Å². The predicted molar refractivity (Wildman–Crippen MR) is 180 cm³/mol. The molecule has 18 atom stereocenters. The lowest BCUT2D eigenvalue weighted by Crippen LogP contribution is -2.75. The molecule has 0 aromatic heterocycles. The topological polar surface area (TPSA) is 202 Å². The van der Waals surface area contributed by atoms with Crippen LogP contribution in [0, 0.1) is 63.6 Å². The maximum atomic E-state index is 15.1. The van der Waals surface area contributed by atoms with Crippen molar-refractivity contribution in [1.82, 2.24) is 0 Å². The number of carbonyl (C=O) groups is 6. The molecule has 0 aromatic rings. The van der Waals surface area contributed by atoms with E-state index in [0.717, 1.165) is 0 Å². The average Bonchev–Trinajstić information content (AvgIpc) is 3.72. The summed E-state index contributed by atoms with van der Waals surface area (Å²) in [6, 6.07) is 0. The highest BCUT2D eigenvalue weighted by atomic mass is 16.6. The fourth-order valence-electron chi connectivity index (χ4n) is 12.6. The molecule has 292 valence electrons. The maximum Gasteiger partial charge on any atom is 0.343 e. The lowest BCUT2D eigenvalue weighted by molar-refractivity contribution is -0.274. The number of fused-ring (bicyclic) bond motifs is 10. The number of ketones is 1. The van der Waals surface area contributed by atoms with Crippen LogP contribution in [-0.4, -0.2) is 94.2 Å². The van der Waals surface area contributed by atoms with E-state index < -0.39 is 142 Å². The second-order valence-electron chi connectivity index (χ2n) is 17.9. The van der Waals surface area contributed by atoms with Crippen molar-refractivity contribution in [3.63, 3.8) is 0 Å². The van der Waals surface area contributed by atoms with Gasteiger partial charge in [0.15, 0.2) is 17.5 Å². The molecule has 5 aliphatic carbocycles. The van der Waals surface area contributed by atoms with Gasteiger partial charge in [0, 0.05) is 67.6 Å². The molecule has 2 heterocycles. The molecule has 0 aromatic carbocycles. The van der Waals surface area contributed by atoms with Crippen LogP contribution in [-0.2, 0) is 57.2 Å². The summed E-state index contributed by atoms with van der Waals surface area (Å²) >= 11 is 0. The number of allylic oxidation sites excluding steroid dienone is 1. The fraction of sp³-hybridized carbons (Fsp3) is 0.795. The van der Waals surface area contributed by atoms with E-state index in [0.29, 0.717) is 0 Å². The first-order valence-electron chi connectivity index (χ1n) is 18.8. The van der Waals surface area contributed by atoms with Gasteiger partial charge in [-0.05, 0) is 44.1 Å². The molecule has 14 nitrogen and oxygen atoms in total. The van der Waals surface area contributed by atoms with Crippen LogP contribution < -0.4 is 0 Å². The van der Waals surface area contributed by atoms with Crippen molar-refractivity contribution in [1.29, 1.82) is 0 Å². The van der Waals surface area contributed by atoms with Gasteiger partial charge in [0.25, 0.3) is 0 Å². The Balaban J connectivity index is 1.52. The summed E-state index contributed by atoms with van der Waals surface area (Å²) in [5.74, 6) is -9.97. The van der Waals surface area contributed by atoms with Gasteiger partial charge in [0.05, 0.1) is 17.6 Å². The van der Waals surface area contributed by atoms with E-state index in [-0.39, 0.29) is 24.5 Å². The first kappa shape index (κ1) is 37.9. The van der Waals surface area contributed by atoms with Gasteiger partial charge >= 0.3 is 29.8 Å². The number of hydrogen-bond donors (Lipinski definition) is 2. The zero-order valence-electron chi connectivity index (χ0n) is 31.9. The highest BCUT2D eigenvalue weighted by Crippen LogP contribution is 2.75. The van der Waals surface area contributed by atoms with Gasteiger partial charge in [0.2, 0.25) is 0 Å². The van der Waals surface area contributed by atoms with Crippen molar-refractivity contribution in [3.05, 3.63) is 11.8 Å². The standard InChI is InChI=1S/C39H52O14/c1-14(2)11-22(43)53-31-23-25-29(45)27-24(15(3)12-21-38(27,9)39(10,47)35(46)52-21)37(25,8)34(50-18(6)42)32(48-16(4)40)26(23)36(7)19(28(31)44)13-20-30(51-20)33(36)49-17(5)41/h12,14-15,19-20,23-27,29-34,45,47H,11,13H2,1-10H3/t15-,19-,20+,23+,24+,25-,26-,27+,29-,30+,31-,32+,33+,34+,36+,37-,38+,39-/m1/s1. The van der Waals surface area contributed by atoms with E-state index in [1.807, 2.05) is 27.7 Å². The molecule has 2 N–H and O–H groups in total. The van der Waals surface area contributed by atoms with E-state index in [4.69, 9.17) is 28.4 Å². The van der Waals surface area contributed by atoms with Gasteiger partial charge in [-0.1, -0.05) is 34.6 Å². The number of esters is 5. The smallest absolute Gasteiger partial charge is 0.343 e. The number of aliphatic hydroxyl groups excluding tert-OH is 1. The van der Waals surface area contributed by atoms with E-state index in [1.165, 1.54) is 27.7 Å². The molecule has 2 saturated heterocycles. The lowest BCUT2D eigenvalue weighted by Gasteiger charge is -2.65. The molecule has 0 amide bonds. The van der Waals surface area contributed by atoms with Crippen LogP contribution in [0.15, 0.2) is 11.8 Å². The Labute approximate surface area is 308 Å². The van der Waals surface area contributed by atoms with Gasteiger partial charge in [-0.15, -0.1) is 0 Å². The van der Waals surface area contributed by atoms with Gasteiger partial charge in [-0.2, -0.15) is 0 Å². The predicted octanol–water partition coefficient (Wildman–Crippen LogP) is 2.44. The molecule has 0 radical (unpaired) electrons. The Morgan fingerprint density at radius 3 is 2.06 bits per heavy atom. The monoisotopic (exact) mass is 744 g/mol. The van der Waals surface area contributed by atoms with Crippen LogP contribution >= 0.6 is 0 Å². The SMILES string of the molecule is CC(=O)O[C@H]1[C@H]2[C@H]([C@@H]3[C@@H](O)[C@@H]4[C@H]([C@H](C)C=C5OC(=O)[C@@](C)(O)[C@@]54C)[C@@]3(C)[C@H]1OC(C)=O)[C@@H](OC(=O)CC(C)C)C(=O)[C@H]1C[C@@H]3O[C@@H]3[C@H](OC(C)=O)[C@]21C. The second-order valence-corrected chi connectivity index (χ2v) is 17.9. The number of carbonyl (C=O) groups excluding carboxylic acids is 6. The molecule has 4 saturated carbocycles. The van der Waals surface area contributed by atoms with Crippen LogP contribution in [0.2, 0.25) is 0 Å². The van der Waals surface area contributed by atoms with Gasteiger partial charge in [0.1, 0.15) is 30.2 Å². The van der Waals surface area contributed by atoms with Crippen LogP contribution in [0.3, 0.4) is 0 Å². The Morgan fingerprint density at radius 1 is 0.868 bits per heavy atom. The minimum atomic E-state index is -2.09. The van der Waals surface area contributed by atoms with Crippen LogP contribution in [0.1, 0.15) is 82.1 Å². The zero-order valence-corrected chi connectivity index (χ0v) is 31.9. The Bertz CT molecular complexity index is 1680. The third kappa shape index (κ3) is 4.99. The summed E-state index contributed by atoms with van der Waals surface area (Å²) in [6.45, 7) is 15.8. The molecule has 7 aliphatic rings. The van der Waals surface area contributed by atoms with E-state index in [9.17, 15) is 34.2 Å². The molecule has 0 spiro atoms. The summed E-state index contributed by atoms with van der Waals surface area (Å²) < 4.78 is 36.4. The largest absolute Gasteiger partial charge is 0.459 e. The minimum Gasteiger partial charge on any atom is -0.459 e. The van der Waals surface area contributed by atoms with Crippen LogP contribution in [0.4, 0.5) is 0 Å². The average molecular weight is 745 g/mol.